The van der Waals surface area contributed by atoms with E-state index in [1.54, 1.807) is 12.4 Å². The Labute approximate surface area is 99.9 Å². The van der Waals surface area contributed by atoms with Crippen LogP contribution in [0, 0.1) is 0 Å². The van der Waals surface area contributed by atoms with Crippen molar-refractivity contribution in [3.63, 3.8) is 0 Å². The summed E-state index contributed by atoms with van der Waals surface area (Å²) in [6, 6.07) is 4.27. The maximum absolute atomic E-state index is 4.32. The zero-order valence-corrected chi connectivity index (χ0v) is 9.80. The van der Waals surface area contributed by atoms with Gasteiger partial charge in [0.2, 0.25) is 0 Å². The summed E-state index contributed by atoms with van der Waals surface area (Å²) < 4.78 is 2.21. The molecule has 0 bridgehead atoms. The smallest absolute Gasteiger partial charge is 0.164 e. The lowest BCUT2D eigenvalue weighted by Crippen LogP contribution is -2.33. The first kappa shape index (κ1) is 10.4. The van der Waals surface area contributed by atoms with Gasteiger partial charge in [0.15, 0.2) is 11.6 Å². The Morgan fingerprint density at radius 2 is 2.18 bits per heavy atom. The molecule has 0 aromatic carbocycles. The van der Waals surface area contributed by atoms with Gasteiger partial charge < -0.3 is 9.88 Å². The van der Waals surface area contributed by atoms with E-state index in [1.807, 2.05) is 12.1 Å². The summed E-state index contributed by atoms with van der Waals surface area (Å²) in [5.74, 6) is 1.99. The van der Waals surface area contributed by atoms with Gasteiger partial charge in [0.1, 0.15) is 0 Å². The summed E-state index contributed by atoms with van der Waals surface area (Å²) >= 11 is 0. The van der Waals surface area contributed by atoms with Gasteiger partial charge in [-0.05, 0) is 18.6 Å². The second-order valence-electron chi connectivity index (χ2n) is 4.18. The molecule has 0 aliphatic carbocycles. The summed E-state index contributed by atoms with van der Waals surface area (Å²) in [5, 5.41) is 12.1. The molecule has 0 amide bonds. The molecule has 3 rings (SSSR count). The monoisotopic (exact) mass is 229 g/mol. The van der Waals surface area contributed by atoms with Crippen LogP contribution in [-0.4, -0.2) is 26.3 Å². The average molecular weight is 229 g/mol. The van der Waals surface area contributed by atoms with Crippen molar-refractivity contribution in [2.75, 3.05) is 6.54 Å². The molecule has 17 heavy (non-hydrogen) atoms. The Morgan fingerprint density at radius 1 is 1.35 bits per heavy atom. The SMILES string of the molecule is CCC1NCCn2c(-c3ccncc3)nnc21. The van der Waals surface area contributed by atoms with Crippen molar-refractivity contribution >= 4 is 0 Å². The van der Waals surface area contributed by atoms with Crippen LogP contribution in [0.3, 0.4) is 0 Å². The molecule has 0 spiro atoms. The van der Waals surface area contributed by atoms with E-state index in [1.165, 1.54) is 0 Å². The van der Waals surface area contributed by atoms with Crippen LogP contribution in [0.15, 0.2) is 24.5 Å². The molecular weight excluding hydrogens is 214 g/mol. The molecule has 0 fully saturated rings. The predicted octanol–water partition coefficient (Wildman–Crippen LogP) is 1.39. The molecular formula is C12H15N5. The Hall–Kier alpha value is -1.75. The molecule has 88 valence electrons. The van der Waals surface area contributed by atoms with Gasteiger partial charge in [-0.25, -0.2) is 0 Å². The van der Waals surface area contributed by atoms with Crippen LogP contribution in [0.4, 0.5) is 0 Å². The minimum atomic E-state index is 0.326. The molecule has 0 radical (unpaired) electrons. The topological polar surface area (TPSA) is 55.6 Å². The Morgan fingerprint density at radius 3 is 2.94 bits per heavy atom. The van der Waals surface area contributed by atoms with E-state index in [-0.39, 0.29) is 0 Å². The standard InChI is InChI=1S/C12H15N5/c1-2-10-12-16-15-11(17(12)8-7-14-10)9-3-5-13-6-4-9/h3-6,10,14H,2,7-8H2,1H3. The molecule has 1 N–H and O–H groups in total. The maximum Gasteiger partial charge on any atom is 0.164 e. The zero-order valence-electron chi connectivity index (χ0n) is 9.80. The van der Waals surface area contributed by atoms with Crippen LogP contribution >= 0.6 is 0 Å². The van der Waals surface area contributed by atoms with E-state index < -0.39 is 0 Å². The first-order valence-corrected chi connectivity index (χ1v) is 5.97. The Bertz CT molecular complexity index is 505. The van der Waals surface area contributed by atoms with Crippen LogP contribution < -0.4 is 5.32 Å². The Balaban J connectivity index is 2.06. The molecule has 2 aromatic heterocycles. The predicted molar refractivity (Wildman–Crippen MR) is 64.3 cm³/mol. The molecule has 3 heterocycles. The lowest BCUT2D eigenvalue weighted by Gasteiger charge is -2.23. The van der Waals surface area contributed by atoms with Crippen molar-refractivity contribution in [1.82, 2.24) is 25.1 Å². The quantitative estimate of drug-likeness (QED) is 0.845. The van der Waals surface area contributed by atoms with E-state index in [9.17, 15) is 0 Å². The van der Waals surface area contributed by atoms with Crippen molar-refractivity contribution in [3.8, 4) is 11.4 Å². The summed E-state index contributed by atoms with van der Waals surface area (Å²) in [6.07, 6.45) is 4.61. The third kappa shape index (κ3) is 1.72. The van der Waals surface area contributed by atoms with Crippen LogP contribution in [-0.2, 0) is 6.54 Å². The van der Waals surface area contributed by atoms with E-state index in [2.05, 4.69) is 32.0 Å². The number of hydrogen-bond donors (Lipinski definition) is 1. The second-order valence-corrected chi connectivity index (χ2v) is 4.18. The van der Waals surface area contributed by atoms with Gasteiger partial charge in [-0.15, -0.1) is 10.2 Å². The number of nitrogens with zero attached hydrogens (tertiary/aromatic N) is 4. The van der Waals surface area contributed by atoms with Crippen LogP contribution in [0.2, 0.25) is 0 Å². The molecule has 0 saturated heterocycles. The number of pyridine rings is 1. The number of rotatable bonds is 2. The highest BCUT2D eigenvalue weighted by molar-refractivity contribution is 5.54. The highest BCUT2D eigenvalue weighted by Gasteiger charge is 2.23. The van der Waals surface area contributed by atoms with Gasteiger partial charge in [0.05, 0.1) is 6.04 Å². The van der Waals surface area contributed by atoms with Gasteiger partial charge >= 0.3 is 0 Å². The van der Waals surface area contributed by atoms with Crippen molar-refractivity contribution in [3.05, 3.63) is 30.4 Å². The minimum absolute atomic E-state index is 0.326. The van der Waals surface area contributed by atoms with Crippen LogP contribution in [0.25, 0.3) is 11.4 Å². The molecule has 1 unspecified atom stereocenters. The lowest BCUT2D eigenvalue weighted by molar-refractivity contribution is 0.407. The van der Waals surface area contributed by atoms with Gasteiger partial charge in [-0.3, -0.25) is 4.98 Å². The van der Waals surface area contributed by atoms with E-state index in [0.29, 0.717) is 6.04 Å². The Kier molecular flexibility index (Phi) is 2.60. The largest absolute Gasteiger partial charge is 0.308 e. The lowest BCUT2D eigenvalue weighted by atomic mass is 10.1. The minimum Gasteiger partial charge on any atom is -0.308 e. The normalized spacial score (nSPS) is 19.0. The first-order chi connectivity index (χ1) is 8.40. The van der Waals surface area contributed by atoms with Crippen molar-refractivity contribution in [1.29, 1.82) is 0 Å². The van der Waals surface area contributed by atoms with Gasteiger partial charge in [-0.2, -0.15) is 0 Å². The zero-order chi connectivity index (χ0) is 11.7. The number of nitrogens with one attached hydrogen (secondary N) is 1. The fourth-order valence-corrected chi connectivity index (χ4v) is 2.28. The summed E-state index contributed by atoms with van der Waals surface area (Å²) in [7, 11) is 0. The fourth-order valence-electron chi connectivity index (χ4n) is 2.28. The molecule has 1 aliphatic heterocycles. The third-order valence-corrected chi connectivity index (χ3v) is 3.16. The summed E-state index contributed by atoms with van der Waals surface area (Å²) in [4.78, 5) is 4.03. The van der Waals surface area contributed by atoms with E-state index in [0.717, 1.165) is 36.7 Å². The van der Waals surface area contributed by atoms with Gasteiger partial charge in [0, 0.05) is 31.0 Å². The highest BCUT2D eigenvalue weighted by atomic mass is 15.3. The number of hydrogen-bond acceptors (Lipinski definition) is 4. The van der Waals surface area contributed by atoms with Crippen molar-refractivity contribution < 1.29 is 0 Å². The highest BCUT2D eigenvalue weighted by Crippen LogP contribution is 2.24. The first-order valence-electron chi connectivity index (χ1n) is 5.97. The third-order valence-electron chi connectivity index (χ3n) is 3.16. The van der Waals surface area contributed by atoms with E-state index in [4.69, 9.17) is 0 Å². The number of aromatic nitrogens is 4. The van der Waals surface area contributed by atoms with E-state index >= 15 is 0 Å². The summed E-state index contributed by atoms with van der Waals surface area (Å²) in [6.45, 7) is 4.06. The molecule has 1 aliphatic rings. The fraction of sp³-hybridized carbons (Fsp3) is 0.417. The molecule has 1 atom stereocenters. The second kappa shape index (κ2) is 4.25. The van der Waals surface area contributed by atoms with Crippen molar-refractivity contribution in [2.45, 2.75) is 25.9 Å². The molecule has 5 heteroatoms. The molecule has 5 nitrogen and oxygen atoms in total. The maximum atomic E-state index is 4.32. The number of fused-ring (bicyclic) bond motifs is 1. The summed E-state index contributed by atoms with van der Waals surface area (Å²) in [5.41, 5.74) is 1.08. The van der Waals surface area contributed by atoms with Gasteiger partial charge in [-0.1, -0.05) is 6.92 Å². The van der Waals surface area contributed by atoms with Crippen LogP contribution in [0.5, 0.6) is 0 Å². The molecule has 2 aromatic rings. The van der Waals surface area contributed by atoms with Crippen LogP contribution in [0.1, 0.15) is 25.2 Å². The van der Waals surface area contributed by atoms with Crippen molar-refractivity contribution in [2.24, 2.45) is 0 Å². The average Bonchev–Trinajstić information content (AvgIpc) is 2.83. The molecule has 0 saturated carbocycles. The van der Waals surface area contributed by atoms with Gasteiger partial charge in [0.25, 0.3) is 0 Å².